The molecule has 2 aromatic carbocycles. The molecule has 0 spiro atoms. The standard InChI is InChI=1S/C29H35F3N6O3/c1-19(4-11-26(39)38(15-12-33)16-13-34)27(40)37-25(17-20-5-7-22(8-6-20)29(30,31)32)28(41)36-23-9-10-24-21(18-23)3-2-14-35-24/h2-3,5-10,14,18-19,25H,4,11-13,15-17,33-34H2,1H3,(H,36,41)(H,37,40). The first-order chi connectivity index (χ1) is 19.5. The summed E-state index contributed by atoms with van der Waals surface area (Å²) in [5, 5.41) is 6.30. The van der Waals surface area contributed by atoms with Gasteiger partial charge in [0.1, 0.15) is 6.04 Å². The summed E-state index contributed by atoms with van der Waals surface area (Å²) < 4.78 is 39.1. The Labute approximate surface area is 236 Å². The molecule has 2 unspecified atom stereocenters. The van der Waals surface area contributed by atoms with Gasteiger partial charge in [0.05, 0.1) is 11.1 Å². The van der Waals surface area contributed by atoms with Crippen LogP contribution in [0.5, 0.6) is 0 Å². The van der Waals surface area contributed by atoms with Crippen molar-refractivity contribution in [1.82, 2.24) is 15.2 Å². The van der Waals surface area contributed by atoms with E-state index in [9.17, 15) is 27.6 Å². The molecule has 1 heterocycles. The Balaban J connectivity index is 1.73. The highest BCUT2D eigenvalue weighted by atomic mass is 19.4. The minimum atomic E-state index is -4.49. The summed E-state index contributed by atoms with van der Waals surface area (Å²) in [6.07, 6.45) is -2.57. The Hall–Kier alpha value is -4.03. The van der Waals surface area contributed by atoms with Gasteiger partial charge in [-0.05, 0) is 48.4 Å². The largest absolute Gasteiger partial charge is 0.416 e. The summed E-state index contributed by atoms with van der Waals surface area (Å²) in [5.74, 6) is -1.80. The molecule has 9 nitrogen and oxygen atoms in total. The third-order valence-electron chi connectivity index (χ3n) is 6.61. The normalized spacial score (nSPS) is 12.9. The van der Waals surface area contributed by atoms with Gasteiger partial charge in [0, 0.05) is 62.2 Å². The molecular weight excluding hydrogens is 537 g/mol. The van der Waals surface area contributed by atoms with Crippen LogP contribution in [0.15, 0.2) is 60.8 Å². The van der Waals surface area contributed by atoms with E-state index in [2.05, 4.69) is 15.6 Å². The van der Waals surface area contributed by atoms with Crippen molar-refractivity contribution in [3.8, 4) is 0 Å². The number of halogens is 3. The van der Waals surface area contributed by atoms with Crippen molar-refractivity contribution >= 4 is 34.3 Å². The van der Waals surface area contributed by atoms with E-state index in [4.69, 9.17) is 11.5 Å². The smallest absolute Gasteiger partial charge is 0.344 e. The van der Waals surface area contributed by atoms with Crippen molar-refractivity contribution in [2.24, 2.45) is 17.4 Å². The van der Waals surface area contributed by atoms with E-state index in [1.54, 1.807) is 42.3 Å². The second-order valence-corrected chi connectivity index (χ2v) is 9.76. The Morgan fingerprint density at radius 3 is 2.29 bits per heavy atom. The van der Waals surface area contributed by atoms with Crippen LogP contribution in [0, 0.1) is 5.92 Å². The van der Waals surface area contributed by atoms with Crippen molar-refractivity contribution in [3.63, 3.8) is 0 Å². The molecule has 0 aliphatic heterocycles. The van der Waals surface area contributed by atoms with Crippen LogP contribution in [-0.4, -0.2) is 59.8 Å². The second kappa shape index (κ2) is 14.6. The lowest BCUT2D eigenvalue weighted by Gasteiger charge is -2.23. The van der Waals surface area contributed by atoms with Crippen LogP contribution in [0.2, 0.25) is 0 Å². The molecule has 6 N–H and O–H groups in total. The van der Waals surface area contributed by atoms with Crippen molar-refractivity contribution in [2.45, 2.75) is 38.4 Å². The number of rotatable bonds is 13. The van der Waals surface area contributed by atoms with E-state index in [0.717, 1.165) is 23.0 Å². The summed E-state index contributed by atoms with van der Waals surface area (Å²) in [6.45, 7) is 2.93. The Morgan fingerprint density at radius 2 is 1.66 bits per heavy atom. The number of anilines is 1. The van der Waals surface area contributed by atoms with Gasteiger partial charge in [-0.15, -0.1) is 0 Å². The van der Waals surface area contributed by atoms with Gasteiger partial charge >= 0.3 is 6.18 Å². The van der Waals surface area contributed by atoms with E-state index in [0.29, 0.717) is 24.3 Å². The number of hydrogen-bond donors (Lipinski definition) is 4. The maximum Gasteiger partial charge on any atom is 0.416 e. The van der Waals surface area contributed by atoms with Gasteiger partial charge in [0.2, 0.25) is 17.7 Å². The molecule has 0 radical (unpaired) electrons. The van der Waals surface area contributed by atoms with Gasteiger partial charge in [0.25, 0.3) is 0 Å². The highest BCUT2D eigenvalue weighted by Crippen LogP contribution is 2.29. The molecule has 0 saturated carbocycles. The molecule has 2 atom stereocenters. The number of aromatic nitrogens is 1. The molecule has 1 aromatic heterocycles. The molecule has 0 aliphatic carbocycles. The van der Waals surface area contributed by atoms with E-state index < -0.39 is 35.5 Å². The molecule has 3 aromatic rings. The highest BCUT2D eigenvalue weighted by molar-refractivity contribution is 5.99. The van der Waals surface area contributed by atoms with Crippen molar-refractivity contribution in [3.05, 3.63) is 71.9 Å². The van der Waals surface area contributed by atoms with Crippen molar-refractivity contribution in [1.29, 1.82) is 0 Å². The van der Waals surface area contributed by atoms with Crippen LogP contribution in [0.1, 0.15) is 30.9 Å². The van der Waals surface area contributed by atoms with Gasteiger partial charge in [-0.2, -0.15) is 13.2 Å². The zero-order valence-electron chi connectivity index (χ0n) is 22.8. The lowest BCUT2D eigenvalue weighted by Crippen LogP contribution is -2.47. The predicted octanol–water partition coefficient (Wildman–Crippen LogP) is 3.08. The maximum absolute atomic E-state index is 13.3. The number of nitrogens with zero attached hydrogens (tertiary/aromatic N) is 2. The predicted molar refractivity (Wildman–Crippen MR) is 151 cm³/mol. The number of fused-ring (bicyclic) bond motifs is 1. The maximum atomic E-state index is 13.3. The van der Waals surface area contributed by atoms with Crippen LogP contribution in [0.25, 0.3) is 10.9 Å². The molecule has 12 heteroatoms. The quantitative estimate of drug-likeness (QED) is 0.248. The molecular formula is C29H35F3N6O3. The van der Waals surface area contributed by atoms with Crippen LogP contribution in [-0.2, 0) is 27.0 Å². The van der Waals surface area contributed by atoms with E-state index >= 15 is 0 Å². The summed E-state index contributed by atoms with van der Waals surface area (Å²) >= 11 is 0. The summed E-state index contributed by atoms with van der Waals surface area (Å²) in [5.41, 5.74) is 12.0. The fourth-order valence-electron chi connectivity index (χ4n) is 4.27. The van der Waals surface area contributed by atoms with Crippen LogP contribution in [0.3, 0.4) is 0 Å². The fourth-order valence-corrected chi connectivity index (χ4v) is 4.27. The van der Waals surface area contributed by atoms with Crippen LogP contribution in [0.4, 0.5) is 18.9 Å². The Kier molecular flexibility index (Phi) is 11.2. The molecule has 3 amide bonds. The monoisotopic (exact) mass is 572 g/mol. The minimum absolute atomic E-state index is 0.0444. The average molecular weight is 573 g/mol. The third kappa shape index (κ3) is 9.25. The van der Waals surface area contributed by atoms with Gasteiger partial charge in [-0.3, -0.25) is 19.4 Å². The molecule has 0 bridgehead atoms. The van der Waals surface area contributed by atoms with Gasteiger partial charge in [-0.1, -0.05) is 25.1 Å². The molecule has 0 saturated heterocycles. The molecule has 0 fully saturated rings. The Morgan fingerprint density at radius 1 is 0.976 bits per heavy atom. The average Bonchev–Trinajstić information content (AvgIpc) is 2.94. The Bertz CT molecular complexity index is 1330. The zero-order chi connectivity index (χ0) is 30.0. The fraction of sp³-hybridized carbons (Fsp3) is 0.379. The first-order valence-electron chi connectivity index (χ1n) is 13.3. The molecule has 0 aliphatic rings. The topological polar surface area (TPSA) is 143 Å². The number of benzene rings is 2. The number of alkyl halides is 3. The molecule has 41 heavy (non-hydrogen) atoms. The van der Waals surface area contributed by atoms with E-state index in [1.165, 1.54) is 12.1 Å². The number of nitrogens with one attached hydrogen (secondary N) is 2. The van der Waals surface area contributed by atoms with Gasteiger partial charge in [-0.25, -0.2) is 0 Å². The first-order valence-corrected chi connectivity index (χ1v) is 13.3. The molecule has 220 valence electrons. The van der Waals surface area contributed by atoms with E-state index in [1.807, 2.05) is 6.07 Å². The second-order valence-electron chi connectivity index (χ2n) is 9.76. The van der Waals surface area contributed by atoms with Gasteiger partial charge < -0.3 is 27.0 Å². The number of nitrogens with two attached hydrogens (primary N) is 2. The number of carbonyl (C=O) groups is 3. The summed E-state index contributed by atoms with van der Waals surface area (Å²) in [4.78, 5) is 44.8. The zero-order valence-corrected chi connectivity index (χ0v) is 22.8. The number of amides is 3. The lowest BCUT2D eigenvalue weighted by atomic mass is 10.0. The van der Waals surface area contributed by atoms with E-state index in [-0.39, 0.29) is 38.3 Å². The lowest BCUT2D eigenvalue weighted by molar-refractivity contribution is -0.137. The number of hydrogen-bond acceptors (Lipinski definition) is 6. The molecule has 3 rings (SSSR count). The van der Waals surface area contributed by atoms with Crippen LogP contribution >= 0.6 is 0 Å². The number of pyridine rings is 1. The highest BCUT2D eigenvalue weighted by Gasteiger charge is 2.30. The van der Waals surface area contributed by atoms with Crippen molar-refractivity contribution in [2.75, 3.05) is 31.5 Å². The van der Waals surface area contributed by atoms with Gasteiger partial charge in [0.15, 0.2) is 0 Å². The summed E-state index contributed by atoms with van der Waals surface area (Å²) in [6, 6.07) is 12.1. The summed E-state index contributed by atoms with van der Waals surface area (Å²) in [7, 11) is 0. The van der Waals surface area contributed by atoms with Crippen molar-refractivity contribution < 1.29 is 27.6 Å². The number of carbonyl (C=O) groups excluding carboxylic acids is 3. The van der Waals surface area contributed by atoms with Crippen LogP contribution < -0.4 is 22.1 Å². The third-order valence-corrected chi connectivity index (χ3v) is 6.61. The SMILES string of the molecule is CC(CCC(=O)N(CCN)CCN)C(=O)NC(Cc1ccc(C(F)(F)F)cc1)C(=O)Nc1ccc2ncccc2c1. The first kappa shape index (κ1) is 31.5. The minimum Gasteiger partial charge on any atom is -0.344 e.